The first kappa shape index (κ1) is 13.6. The van der Waals surface area contributed by atoms with Crippen molar-refractivity contribution in [1.29, 1.82) is 0 Å². The van der Waals surface area contributed by atoms with E-state index in [9.17, 15) is 4.79 Å². The molecule has 2 aliphatic rings. The number of amides is 1. The third kappa shape index (κ3) is 2.71. The summed E-state index contributed by atoms with van der Waals surface area (Å²) in [4.78, 5) is 12.3. The molecule has 0 radical (unpaired) electrons. The molecule has 6 nitrogen and oxygen atoms in total. The summed E-state index contributed by atoms with van der Waals surface area (Å²) >= 11 is 0. The predicted octanol–water partition coefficient (Wildman–Crippen LogP) is 1.04. The third-order valence-corrected chi connectivity index (χ3v) is 4.31. The first-order valence-electron chi connectivity index (χ1n) is 7.42. The van der Waals surface area contributed by atoms with E-state index in [1.54, 1.807) is 7.11 Å². The molecule has 1 aliphatic heterocycles. The lowest BCUT2D eigenvalue weighted by molar-refractivity contribution is 0.0226. The number of hydrogen-bond donors (Lipinski definition) is 2. The fourth-order valence-corrected chi connectivity index (χ4v) is 3.07. The van der Waals surface area contributed by atoms with Crippen LogP contribution in [-0.2, 0) is 17.6 Å². The number of hydrogen-bond acceptors (Lipinski definition) is 4. The third-order valence-electron chi connectivity index (χ3n) is 4.31. The summed E-state index contributed by atoms with van der Waals surface area (Å²) in [6.07, 6.45) is 6.52. The van der Waals surface area contributed by atoms with Gasteiger partial charge >= 0.3 is 0 Å². The monoisotopic (exact) mass is 278 g/mol. The average Bonchev–Trinajstić information content (AvgIpc) is 2.92. The largest absolute Gasteiger partial charge is 0.381 e. The van der Waals surface area contributed by atoms with Crippen LogP contribution in [0.15, 0.2) is 0 Å². The van der Waals surface area contributed by atoms with Gasteiger partial charge in [-0.15, -0.1) is 0 Å². The fraction of sp³-hybridized carbons (Fsp3) is 0.714. The van der Waals surface area contributed by atoms with Gasteiger partial charge < -0.3 is 4.74 Å². The van der Waals surface area contributed by atoms with Crippen molar-refractivity contribution in [1.82, 2.24) is 20.6 Å². The van der Waals surface area contributed by atoms with Gasteiger partial charge in [-0.25, -0.2) is 5.01 Å². The highest BCUT2D eigenvalue weighted by atomic mass is 16.5. The number of nitrogens with zero attached hydrogens (tertiary/aromatic N) is 2. The second-order valence-corrected chi connectivity index (χ2v) is 5.60. The molecule has 0 unspecified atom stereocenters. The molecule has 0 atom stereocenters. The average molecular weight is 278 g/mol. The minimum Gasteiger partial charge on any atom is -0.381 e. The number of carbonyl (C=O) groups is 1. The van der Waals surface area contributed by atoms with Crippen LogP contribution in [0.4, 0.5) is 0 Å². The summed E-state index contributed by atoms with van der Waals surface area (Å²) in [6.45, 7) is 1.66. The predicted molar refractivity (Wildman–Crippen MR) is 74.3 cm³/mol. The minimum absolute atomic E-state index is 0.0831. The zero-order valence-corrected chi connectivity index (χ0v) is 11.9. The first-order valence-corrected chi connectivity index (χ1v) is 7.42. The molecule has 3 rings (SSSR count). The number of aromatic amines is 1. The van der Waals surface area contributed by atoms with Crippen molar-refractivity contribution in [3.63, 3.8) is 0 Å². The maximum absolute atomic E-state index is 12.3. The molecule has 0 bridgehead atoms. The SMILES string of the molecule is COC1CCN(NC(=O)c2n[nH]c3c2CCCC3)CC1. The molecular formula is C14H22N4O2. The number of methoxy groups -OCH3 is 1. The molecule has 1 fully saturated rings. The molecule has 20 heavy (non-hydrogen) atoms. The van der Waals surface area contributed by atoms with E-state index in [2.05, 4.69) is 15.6 Å². The Bertz CT molecular complexity index is 478. The number of ether oxygens (including phenoxy) is 1. The van der Waals surface area contributed by atoms with Crippen molar-refractivity contribution in [2.24, 2.45) is 0 Å². The van der Waals surface area contributed by atoms with Gasteiger partial charge in [-0.3, -0.25) is 15.3 Å². The molecule has 0 spiro atoms. The standard InChI is InChI=1S/C14H22N4O2/c1-20-10-6-8-18(9-7-10)17-14(19)13-11-4-2-3-5-12(11)15-16-13/h10H,2-9H2,1H3,(H,15,16)(H,17,19). The Hall–Kier alpha value is -1.40. The van der Waals surface area contributed by atoms with Gasteiger partial charge in [0.1, 0.15) is 0 Å². The molecule has 1 amide bonds. The second-order valence-electron chi connectivity index (χ2n) is 5.60. The van der Waals surface area contributed by atoms with Crippen LogP contribution in [0.1, 0.15) is 47.4 Å². The van der Waals surface area contributed by atoms with Crippen molar-refractivity contribution in [2.45, 2.75) is 44.6 Å². The molecule has 2 heterocycles. The van der Waals surface area contributed by atoms with Gasteiger partial charge in [0.05, 0.1) is 6.10 Å². The minimum atomic E-state index is -0.0831. The number of fused-ring (bicyclic) bond motifs is 1. The van der Waals surface area contributed by atoms with Crippen molar-refractivity contribution in [3.8, 4) is 0 Å². The maximum atomic E-state index is 12.3. The molecule has 1 saturated heterocycles. The highest BCUT2D eigenvalue weighted by Gasteiger charge is 2.25. The topological polar surface area (TPSA) is 70.2 Å². The van der Waals surface area contributed by atoms with Crippen LogP contribution in [0.5, 0.6) is 0 Å². The Labute approximate surface area is 118 Å². The van der Waals surface area contributed by atoms with Crippen LogP contribution < -0.4 is 5.43 Å². The molecule has 0 saturated carbocycles. The summed E-state index contributed by atoms with van der Waals surface area (Å²) < 4.78 is 5.33. The van der Waals surface area contributed by atoms with Crippen molar-refractivity contribution in [2.75, 3.05) is 20.2 Å². The number of piperidine rings is 1. The van der Waals surface area contributed by atoms with Crippen LogP contribution in [0, 0.1) is 0 Å². The lowest BCUT2D eigenvalue weighted by Gasteiger charge is -2.31. The molecule has 1 aromatic rings. The number of aryl methyl sites for hydroxylation is 1. The summed E-state index contributed by atoms with van der Waals surface area (Å²) in [5.41, 5.74) is 5.80. The fourth-order valence-electron chi connectivity index (χ4n) is 3.07. The van der Waals surface area contributed by atoms with Gasteiger partial charge in [0.25, 0.3) is 5.91 Å². The van der Waals surface area contributed by atoms with E-state index in [0.717, 1.165) is 56.5 Å². The Morgan fingerprint density at radius 2 is 2.10 bits per heavy atom. The zero-order chi connectivity index (χ0) is 13.9. The van der Waals surface area contributed by atoms with Crippen LogP contribution in [-0.4, -0.2) is 47.4 Å². The van der Waals surface area contributed by atoms with Gasteiger partial charge in [-0.2, -0.15) is 5.10 Å². The Balaban J connectivity index is 1.61. The van der Waals surface area contributed by atoms with E-state index >= 15 is 0 Å². The van der Waals surface area contributed by atoms with Gasteiger partial charge in [-0.1, -0.05) is 0 Å². The highest BCUT2D eigenvalue weighted by Crippen LogP contribution is 2.22. The number of carbonyl (C=O) groups excluding carboxylic acids is 1. The normalized spacial score (nSPS) is 20.6. The number of nitrogens with one attached hydrogen (secondary N) is 2. The summed E-state index contributed by atoms with van der Waals surface area (Å²) in [6, 6.07) is 0. The van der Waals surface area contributed by atoms with E-state index in [0.29, 0.717) is 11.8 Å². The van der Waals surface area contributed by atoms with Crippen LogP contribution in [0.3, 0.4) is 0 Å². The number of rotatable bonds is 3. The Kier molecular flexibility index (Phi) is 4.03. The first-order chi connectivity index (χ1) is 9.78. The van der Waals surface area contributed by atoms with Gasteiger partial charge in [0.2, 0.25) is 0 Å². The number of hydrazine groups is 1. The summed E-state index contributed by atoms with van der Waals surface area (Å²) in [7, 11) is 1.74. The van der Waals surface area contributed by atoms with E-state index in [4.69, 9.17) is 4.74 Å². The van der Waals surface area contributed by atoms with Crippen molar-refractivity contribution >= 4 is 5.91 Å². The molecule has 1 aliphatic carbocycles. The molecule has 6 heteroatoms. The van der Waals surface area contributed by atoms with Gasteiger partial charge in [0.15, 0.2) is 5.69 Å². The zero-order valence-electron chi connectivity index (χ0n) is 11.9. The number of H-pyrrole nitrogens is 1. The van der Waals surface area contributed by atoms with Crippen molar-refractivity contribution in [3.05, 3.63) is 17.0 Å². The molecule has 110 valence electrons. The Morgan fingerprint density at radius 3 is 2.85 bits per heavy atom. The van der Waals surface area contributed by atoms with E-state index in [1.165, 1.54) is 6.42 Å². The van der Waals surface area contributed by atoms with Gasteiger partial charge in [0, 0.05) is 31.5 Å². The molecule has 1 aromatic heterocycles. The molecular weight excluding hydrogens is 256 g/mol. The van der Waals surface area contributed by atoms with Gasteiger partial charge in [-0.05, 0) is 38.5 Å². The smallest absolute Gasteiger partial charge is 0.286 e. The van der Waals surface area contributed by atoms with E-state index < -0.39 is 0 Å². The summed E-state index contributed by atoms with van der Waals surface area (Å²) in [5.74, 6) is -0.0831. The lowest BCUT2D eigenvalue weighted by Crippen LogP contribution is -2.48. The summed E-state index contributed by atoms with van der Waals surface area (Å²) in [5, 5.41) is 9.19. The van der Waals surface area contributed by atoms with E-state index in [1.807, 2.05) is 5.01 Å². The van der Waals surface area contributed by atoms with Crippen molar-refractivity contribution < 1.29 is 9.53 Å². The highest BCUT2D eigenvalue weighted by molar-refractivity contribution is 5.93. The van der Waals surface area contributed by atoms with Crippen LogP contribution >= 0.6 is 0 Å². The molecule has 2 N–H and O–H groups in total. The molecule has 0 aromatic carbocycles. The quantitative estimate of drug-likeness (QED) is 0.867. The number of aromatic nitrogens is 2. The van der Waals surface area contributed by atoms with E-state index in [-0.39, 0.29) is 5.91 Å². The lowest BCUT2D eigenvalue weighted by atomic mass is 9.96. The van der Waals surface area contributed by atoms with Crippen LogP contribution in [0.2, 0.25) is 0 Å². The second kappa shape index (κ2) is 5.93. The van der Waals surface area contributed by atoms with Crippen LogP contribution in [0.25, 0.3) is 0 Å². The maximum Gasteiger partial charge on any atom is 0.286 e. The Morgan fingerprint density at radius 1 is 1.35 bits per heavy atom.